The molecule has 3 aromatic carbocycles. The minimum absolute atomic E-state index is 0.0949. The second-order valence-electron chi connectivity index (χ2n) is 8.50. The number of hydrogen-bond acceptors (Lipinski definition) is 4. The fourth-order valence-corrected chi connectivity index (χ4v) is 5.87. The third kappa shape index (κ3) is 2.22. The van der Waals surface area contributed by atoms with Gasteiger partial charge in [0.15, 0.2) is 0 Å². The molecule has 6 nitrogen and oxygen atoms in total. The normalized spacial score (nSPS) is 25.3. The van der Waals surface area contributed by atoms with Crippen LogP contribution in [-0.2, 0) is 9.59 Å². The number of nitro benzene ring substituents is 1. The molecule has 1 fully saturated rings. The highest BCUT2D eigenvalue weighted by Crippen LogP contribution is 2.61. The van der Waals surface area contributed by atoms with Gasteiger partial charge in [0, 0.05) is 23.5 Å². The number of imide groups is 1. The maximum absolute atomic E-state index is 13.7. The molecule has 2 bridgehead atoms. The Morgan fingerprint density at radius 3 is 1.65 bits per heavy atom. The largest absolute Gasteiger partial charge is 0.274 e. The second-order valence-corrected chi connectivity index (χ2v) is 8.50. The van der Waals surface area contributed by atoms with Crippen molar-refractivity contribution in [1.29, 1.82) is 0 Å². The minimum atomic E-state index is -0.498. The Bertz CT molecular complexity index is 1200. The molecule has 4 aliphatic rings. The average Bonchev–Trinajstić information content (AvgIpc) is 3.05. The van der Waals surface area contributed by atoms with Gasteiger partial charge in [-0.2, -0.15) is 0 Å². The summed E-state index contributed by atoms with van der Waals surface area (Å²) in [5, 5.41) is 11.4. The van der Waals surface area contributed by atoms with Crippen LogP contribution < -0.4 is 4.90 Å². The van der Waals surface area contributed by atoms with Crippen molar-refractivity contribution < 1.29 is 14.5 Å². The lowest BCUT2D eigenvalue weighted by molar-refractivity contribution is -0.385. The molecule has 0 unspecified atom stereocenters. The Labute approximate surface area is 178 Å². The van der Waals surface area contributed by atoms with Crippen LogP contribution >= 0.6 is 0 Å². The van der Waals surface area contributed by atoms with Crippen molar-refractivity contribution in [2.45, 2.75) is 18.8 Å². The molecule has 2 atom stereocenters. The predicted octanol–water partition coefficient (Wildman–Crippen LogP) is 4.30. The van der Waals surface area contributed by atoms with Gasteiger partial charge in [-0.25, -0.2) is 4.90 Å². The number of nitro groups is 1. The third-order valence-corrected chi connectivity index (χ3v) is 7.10. The molecule has 6 heteroatoms. The van der Waals surface area contributed by atoms with E-state index in [1.165, 1.54) is 11.0 Å². The minimum Gasteiger partial charge on any atom is -0.274 e. The van der Waals surface area contributed by atoms with Gasteiger partial charge in [0.1, 0.15) is 0 Å². The number of nitrogens with zero attached hydrogens (tertiary/aromatic N) is 2. The Balaban J connectivity index is 1.54. The van der Waals surface area contributed by atoms with Crippen LogP contribution in [0.2, 0.25) is 0 Å². The molecule has 0 N–H and O–H groups in total. The molecule has 7 rings (SSSR count). The highest BCUT2D eigenvalue weighted by atomic mass is 16.6. The van der Waals surface area contributed by atoms with Crippen LogP contribution in [0.4, 0.5) is 11.4 Å². The lowest BCUT2D eigenvalue weighted by Crippen LogP contribution is -2.41. The fraction of sp³-hybridized carbons (Fsp3) is 0.200. The van der Waals surface area contributed by atoms with E-state index in [-0.39, 0.29) is 35.0 Å². The van der Waals surface area contributed by atoms with Gasteiger partial charge in [0.2, 0.25) is 11.8 Å². The SMILES string of the molecule is Cc1ccc(N2C(=O)[C@@H]3C4c5ccccc5C(c5ccccc54)[C@@H]3C2=O)cc1[N+](=O)[O-]. The van der Waals surface area contributed by atoms with Crippen molar-refractivity contribution in [1.82, 2.24) is 0 Å². The van der Waals surface area contributed by atoms with Gasteiger partial charge in [-0.15, -0.1) is 0 Å². The lowest BCUT2D eigenvalue weighted by atomic mass is 9.55. The van der Waals surface area contributed by atoms with Crippen molar-refractivity contribution >= 4 is 23.2 Å². The molecule has 1 heterocycles. The standard InChI is InChI=1S/C25H18N2O4/c1-13-10-11-14(12-19(13)27(30)31)26-24(28)22-20-15-6-2-3-7-16(15)21(23(22)25(26)29)18-9-5-4-8-17(18)20/h2-12,20-23H,1H3/t20?,21?,22-,23+. The molecule has 0 saturated carbocycles. The topological polar surface area (TPSA) is 80.5 Å². The second kappa shape index (κ2) is 6.11. The van der Waals surface area contributed by atoms with E-state index in [0.29, 0.717) is 5.56 Å². The lowest BCUT2D eigenvalue weighted by Gasteiger charge is -2.45. The first-order chi connectivity index (χ1) is 15.0. The summed E-state index contributed by atoms with van der Waals surface area (Å²) < 4.78 is 0. The van der Waals surface area contributed by atoms with E-state index in [2.05, 4.69) is 24.3 Å². The number of anilines is 1. The fourth-order valence-electron chi connectivity index (χ4n) is 5.87. The smallest absolute Gasteiger partial charge is 0.274 e. The number of carbonyl (C=O) groups excluding carboxylic acids is 2. The molecular formula is C25H18N2O4. The molecule has 1 aliphatic heterocycles. The summed E-state index contributed by atoms with van der Waals surface area (Å²) in [7, 11) is 0. The van der Waals surface area contributed by atoms with Gasteiger partial charge in [-0.3, -0.25) is 19.7 Å². The zero-order valence-electron chi connectivity index (χ0n) is 16.7. The van der Waals surface area contributed by atoms with Crippen molar-refractivity contribution in [3.63, 3.8) is 0 Å². The van der Waals surface area contributed by atoms with Crippen LogP contribution in [0.3, 0.4) is 0 Å². The van der Waals surface area contributed by atoms with Crippen molar-refractivity contribution in [2.75, 3.05) is 4.90 Å². The first-order valence-electron chi connectivity index (χ1n) is 10.3. The summed E-state index contributed by atoms with van der Waals surface area (Å²) in [6, 6.07) is 20.6. The van der Waals surface area contributed by atoms with Gasteiger partial charge in [0.05, 0.1) is 22.4 Å². The van der Waals surface area contributed by atoms with E-state index in [1.54, 1.807) is 19.1 Å². The summed E-state index contributed by atoms with van der Waals surface area (Å²) in [4.78, 5) is 39.5. The number of aryl methyl sites for hydroxylation is 1. The summed E-state index contributed by atoms with van der Waals surface area (Å²) in [5.74, 6) is -1.92. The number of rotatable bonds is 2. The summed E-state index contributed by atoms with van der Waals surface area (Å²) in [6.07, 6.45) is 0. The Morgan fingerprint density at radius 1 is 0.774 bits per heavy atom. The zero-order valence-corrected chi connectivity index (χ0v) is 16.7. The summed E-state index contributed by atoms with van der Waals surface area (Å²) in [6.45, 7) is 1.64. The highest BCUT2D eigenvalue weighted by molar-refractivity contribution is 6.23. The first kappa shape index (κ1) is 18.0. The number of benzene rings is 3. The molecule has 1 saturated heterocycles. The number of carbonyl (C=O) groups is 2. The van der Waals surface area contributed by atoms with Crippen molar-refractivity contribution in [2.24, 2.45) is 11.8 Å². The van der Waals surface area contributed by atoms with Gasteiger partial charge in [-0.1, -0.05) is 54.6 Å². The van der Waals surface area contributed by atoms with E-state index in [1.807, 2.05) is 24.3 Å². The van der Waals surface area contributed by atoms with Crippen molar-refractivity contribution in [3.05, 3.63) is 105 Å². The Kier molecular flexibility index (Phi) is 3.55. The van der Waals surface area contributed by atoms with Gasteiger partial charge in [-0.05, 0) is 35.2 Å². The molecule has 0 spiro atoms. The molecule has 152 valence electrons. The number of hydrogen-bond donors (Lipinski definition) is 0. The molecule has 0 aromatic heterocycles. The van der Waals surface area contributed by atoms with Crippen LogP contribution in [0.15, 0.2) is 66.7 Å². The van der Waals surface area contributed by atoms with Crippen LogP contribution in [0.1, 0.15) is 39.7 Å². The maximum Gasteiger partial charge on any atom is 0.274 e. The summed E-state index contributed by atoms with van der Waals surface area (Å²) in [5.41, 5.74) is 5.08. The van der Waals surface area contributed by atoms with Crippen LogP contribution in [0, 0.1) is 28.9 Å². The molecule has 3 aromatic rings. The average molecular weight is 410 g/mol. The Morgan fingerprint density at radius 2 is 1.23 bits per heavy atom. The monoisotopic (exact) mass is 410 g/mol. The van der Waals surface area contributed by atoms with E-state index in [9.17, 15) is 19.7 Å². The van der Waals surface area contributed by atoms with Crippen molar-refractivity contribution in [3.8, 4) is 0 Å². The van der Waals surface area contributed by atoms with Crippen LogP contribution in [0.25, 0.3) is 0 Å². The van der Waals surface area contributed by atoms with Gasteiger partial charge >= 0.3 is 0 Å². The molecule has 2 amide bonds. The van der Waals surface area contributed by atoms with E-state index >= 15 is 0 Å². The maximum atomic E-state index is 13.7. The van der Waals surface area contributed by atoms with E-state index in [0.717, 1.165) is 22.3 Å². The molecule has 3 aliphatic carbocycles. The Hall–Kier alpha value is -3.80. The zero-order chi connectivity index (χ0) is 21.4. The van der Waals surface area contributed by atoms with Crippen LogP contribution in [0.5, 0.6) is 0 Å². The number of amides is 2. The quantitative estimate of drug-likeness (QED) is 0.358. The molecular weight excluding hydrogens is 392 g/mol. The summed E-state index contributed by atoms with van der Waals surface area (Å²) >= 11 is 0. The first-order valence-corrected chi connectivity index (χ1v) is 10.3. The third-order valence-electron chi connectivity index (χ3n) is 7.10. The van der Waals surface area contributed by atoms with E-state index < -0.39 is 16.8 Å². The molecule has 31 heavy (non-hydrogen) atoms. The van der Waals surface area contributed by atoms with Crippen LogP contribution in [-0.4, -0.2) is 16.7 Å². The molecule has 0 radical (unpaired) electrons. The van der Waals surface area contributed by atoms with Gasteiger partial charge < -0.3 is 0 Å². The van der Waals surface area contributed by atoms with E-state index in [4.69, 9.17) is 0 Å². The highest BCUT2D eigenvalue weighted by Gasteiger charge is 2.61. The van der Waals surface area contributed by atoms with Gasteiger partial charge in [0.25, 0.3) is 5.69 Å². The predicted molar refractivity (Wildman–Crippen MR) is 114 cm³/mol.